The van der Waals surface area contributed by atoms with Crippen molar-refractivity contribution in [3.05, 3.63) is 33.5 Å². The Morgan fingerprint density at radius 1 is 1.65 bits per heavy atom. The summed E-state index contributed by atoms with van der Waals surface area (Å²) < 4.78 is 4.67. The van der Waals surface area contributed by atoms with Crippen LogP contribution in [0.25, 0.3) is 0 Å². The summed E-state index contributed by atoms with van der Waals surface area (Å²) in [5, 5.41) is 2.16. The molecule has 0 saturated heterocycles. The van der Waals surface area contributed by atoms with Crippen LogP contribution in [0.3, 0.4) is 0 Å². The van der Waals surface area contributed by atoms with Crippen molar-refractivity contribution in [2.75, 3.05) is 20.2 Å². The topological polar surface area (TPSA) is 29.5 Å². The molecule has 0 unspecified atom stereocenters. The molecule has 0 amide bonds. The van der Waals surface area contributed by atoms with Crippen LogP contribution in [0.1, 0.15) is 17.4 Å². The molecule has 0 fully saturated rings. The Balaban J connectivity index is 1.92. The zero-order valence-electron chi connectivity index (χ0n) is 10.2. The van der Waals surface area contributed by atoms with Gasteiger partial charge in [-0.05, 0) is 30.4 Å². The molecule has 3 nitrogen and oxygen atoms in total. The fourth-order valence-electron chi connectivity index (χ4n) is 1.97. The second kappa shape index (κ2) is 5.47. The predicted molar refractivity (Wildman–Crippen MR) is 69.1 cm³/mol. The lowest BCUT2D eigenvalue weighted by atomic mass is 10.1. The van der Waals surface area contributed by atoms with E-state index in [0.717, 1.165) is 26.1 Å². The molecule has 1 aromatic heterocycles. The molecule has 2 heterocycles. The molecule has 17 heavy (non-hydrogen) atoms. The molecule has 0 atom stereocenters. The van der Waals surface area contributed by atoms with Crippen molar-refractivity contribution in [1.82, 2.24) is 4.90 Å². The van der Waals surface area contributed by atoms with E-state index < -0.39 is 0 Å². The summed E-state index contributed by atoms with van der Waals surface area (Å²) in [7, 11) is 1.41. The third-order valence-electron chi connectivity index (χ3n) is 3.05. The number of ether oxygens (including phenoxy) is 1. The van der Waals surface area contributed by atoms with Crippen LogP contribution >= 0.6 is 11.3 Å². The van der Waals surface area contributed by atoms with Crippen molar-refractivity contribution in [3.63, 3.8) is 0 Å². The smallest absolute Gasteiger partial charge is 0.333 e. The van der Waals surface area contributed by atoms with E-state index >= 15 is 0 Å². The van der Waals surface area contributed by atoms with Crippen molar-refractivity contribution in [2.45, 2.75) is 19.9 Å². The van der Waals surface area contributed by atoms with Gasteiger partial charge in [0, 0.05) is 30.1 Å². The second-order valence-electron chi connectivity index (χ2n) is 4.23. The van der Waals surface area contributed by atoms with Crippen molar-refractivity contribution in [1.29, 1.82) is 0 Å². The summed E-state index contributed by atoms with van der Waals surface area (Å²) in [5.41, 5.74) is 2.12. The maximum absolute atomic E-state index is 11.2. The first-order valence-corrected chi connectivity index (χ1v) is 6.61. The Hall–Kier alpha value is -1.13. The fourth-order valence-corrected chi connectivity index (χ4v) is 2.86. The first kappa shape index (κ1) is 12.3. The second-order valence-corrected chi connectivity index (χ2v) is 5.23. The summed E-state index contributed by atoms with van der Waals surface area (Å²) in [6, 6.07) is 2.20. The average molecular weight is 251 g/mol. The van der Waals surface area contributed by atoms with Crippen molar-refractivity contribution in [3.8, 4) is 0 Å². The highest BCUT2D eigenvalue weighted by Crippen LogP contribution is 2.23. The highest BCUT2D eigenvalue weighted by atomic mass is 32.1. The van der Waals surface area contributed by atoms with Gasteiger partial charge in [0.25, 0.3) is 0 Å². The van der Waals surface area contributed by atoms with E-state index in [2.05, 4.69) is 21.1 Å². The molecule has 0 bridgehead atoms. The summed E-state index contributed by atoms with van der Waals surface area (Å²) in [6.45, 7) is 4.67. The number of thiophene rings is 1. The Kier molecular flexibility index (Phi) is 3.97. The number of esters is 1. The third-order valence-corrected chi connectivity index (χ3v) is 4.07. The number of methoxy groups -OCH3 is 1. The molecule has 1 aliphatic heterocycles. The van der Waals surface area contributed by atoms with Crippen molar-refractivity contribution < 1.29 is 9.53 Å². The van der Waals surface area contributed by atoms with Crippen LogP contribution in [0.5, 0.6) is 0 Å². The molecule has 0 spiro atoms. The molecule has 1 aromatic rings. The lowest BCUT2D eigenvalue weighted by Gasteiger charge is -2.25. The third kappa shape index (κ3) is 2.96. The number of fused-ring (bicyclic) bond motifs is 1. The minimum absolute atomic E-state index is 0.238. The van der Waals surface area contributed by atoms with Gasteiger partial charge in [-0.3, -0.25) is 4.90 Å². The van der Waals surface area contributed by atoms with Gasteiger partial charge in [0.2, 0.25) is 0 Å². The van der Waals surface area contributed by atoms with Gasteiger partial charge in [-0.2, -0.15) is 0 Å². The van der Waals surface area contributed by atoms with Gasteiger partial charge < -0.3 is 4.74 Å². The predicted octanol–water partition coefficient (Wildman–Crippen LogP) is 2.23. The summed E-state index contributed by atoms with van der Waals surface area (Å²) >= 11 is 1.84. The van der Waals surface area contributed by atoms with E-state index in [4.69, 9.17) is 0 Å². The van der Waals surface area contributed by atoms with Gasteiger partial charge in [-0.15, -0.1) is 11.3 Å². The number of hydrogen-bond donors (Lipinski definition) is 0. The average Bonchev–Trinajstić information content (AvgIpc) is 2.82. The van der Waals surface area contributed by atoms with Crippen LogP contribution in [0.2, 0.25) is 0 Å². The van der Waals surface area contributed by atoms with Gasteiger partial charge >= 0.3 is 5.97 Å². The molecule has 1 aliphatic rings. The van der Waals surface area contributed by atoms with Crippen LogP contribution in [0.4, 0.5) is 0 Å². The maximum Gasteiger partial charge on any atom is 0.333 e. The normalized spacial score (nSPS) is 16.7. The van der Waals surface area contributed by atoms with Crippen LogP contribution in [-0.2, 0) is 22.5 Å². The molecule has 2 rings (SSSR count). The van der Waals surface area contributed by atoms with E-state index in [-0.39, 0.29) is 5.97 Å². The van der Waals surface area contributed by atoms with E-state index in [1.165, 1.54) is 17.6 Å². The molecule has 0 N–H and O–H groups in total. The number of carbonyl (C=O) groups excluding carboxylic acids is 1. The van der Waals surface area contributed by atoms with Crippen LogP contribution in [-0.4, -0.2) is 31.1 Å². The van der Waals surface area contributed by atoms with E-state index in [1.54, 1.807) is 6.92 Å². The largest absolute Gasteiger partial charge is 0.466 e. The van der Waals surface area contributed by atoms with Crippen molar-refractivity contribution in [2.24, 2.45) is 0 Å². The van der Waals surface area contributed by atoms with Crippen LogP contribution in [0, 0.1) is 0 Å². The minimum Gasteiger partial charge on any atom is -0.466 e. The molecule has 0 aromatic carbocycles. The van der Waals surface area contributed by atoms with E-state index in [1.807, 2.05) is 17.4 Å². The van der Waals surface area contributed by atoms with Crippen LogP contribution in [0.15, 0.2) is 23.1 Å². The molecular weight excluding hydrogens is 234 g/mol. The van der Waals surface area contributed by atoms with E-state index in [9.17, 15) is 4.79 Å². The highest BCUT2D eigenvalue weighted by Gasteiger charge is 2.16. The first-order valence-electron chi connectivity index (χ1n) is 5.73. The SMILES string of the molecule is COC(=O)C(C)=CCN1CCc2sccc2C1. The molecule has 0 aliphatic carbocycles. The van der Waals surface area contributed by atoms with Gasteiger partial charge in [-0.1, -0.05) is 6.08 Å². The van der Waals surface area contributed by atoms with Crippen LogP contribution < -0.4 is 0 Å². The number of carbonyl (C=O) groups is 1. The zero-order valence-corrected chi connectivity index (χ0v) is 11.0. The Morgan fingerprint density at radius 2 is 2.47 bits per heavy atom. The quantitative estimate of drug-likeness (QED) is 0.609. The molecule has 92 valence electrons. The Morgan fingerprint density at radius 3 is 3.24 bits per heavy atom. The number of nitrogens with zero attached hydrogens (tertiary/aromatic N) is 1. The summed E-state index contributed by atoms with van der Waals surface area (Å²) in [5.74, 6) is -0.238. The molecule has 0 saturated carbocycles. The number of hydrogen-bond acceptors (Lipinski definition) is 4. The van der Waals surface area contributed by atoms with Crippen molar-refractivity contribution >= 4 is 17.3 Å². The molecular formula is C13H17NO2S. The van der Waals surface area contributed by atoms with Gasteiger partial charge in [0.05, 0.1) is 7.11 Å². The van der Waals surface area contributed by atoms with Gasteiger partial charge in [0.1, 0.15) is 0 Å². The number of rotatable bonds is 3. The first-order chi connectivity index (χ1) is 8.20. The summed E-state index contributed by atoms with van der Waals surface area (Å²) in [6.07, 6.45) is 3.07. The van der Waals surface area contributed by atoms with E-state index in [0.29, 0.717) is 5.57 Å². The molecule has 0 radical (unpaired) electrons. The zero-order chi connectivity index (χ0) is 12.3. The highest BCUT2D eigenvalue weighted by molar-refractivity contribution is 7.10. The maximum atomic E-state index is 11.2. The van der Waals surface area contributed by atoms with Gasteiger partial charge in [0.15, 0.2) is 0 Å². The fraction of sp³-hybridized carbons (Fsp3) is 0.462. The molecule has 4 heteroatoms. The lowest BCUT2D eigenvalue weighted by molar-refractivity contribution is -0.136. The lowest BCUT2D eigenvalue weighted by Crippen LogP contribution is -2.30. The van der Waals surface area contributed by atoms with Gasteiger partial charge in [-0.25, -0.2) is 4.79 Å². The Bertz CT molecular complexity index is 436. The minimum atomic E-state index is -0.238. The Labute approximate surface area is 106 Å². The summed E-state index contributed by atoms with van der Waals surface area (Å²) in [4.78, 5) is 15.1. The monoisotopic (exact) mass is 251 g/mol. The standard InChI is InChI=1S/C13H17NO2S/c1-10(13(15)16-2)3-6-14-7-4-12-11(9-14)5-8-17-12/h3,5,8H,4,6-7,9H2,1-2H3.